The number of nitrogens with zero attached hydrogens (tertiary/aromatic N) is 2. The van der Waals surface area contributed by atoms with E-state index in [2.05, 4.69) is 26.3 Å². The number of nitrogens with one attached hydrogen (secondary N) is 1. The summed E-state index contributed by atoms with van der Waals surface area (Å²) in [6.45, 7) is 4.00. The summed E-state index contributed by atoms with van der Waals surface area (Å²) in [6, 6.07) is 7.26. The molecule has 0 spiro atoms. The lowest BCUT2D eigenvalue weighted by Gasteiger charge is -2.09. The molecule has 0 aliphatic heterocycles. The van der Waals surface area contributed by atoms with Gasteiger partial charge in [-0.25, -0.2) is 0 Å². The van der Waals surface area contributed by atoms with Crippen LogP contribution in [0.3, 0.4) is 0 Å². The number of aryl methyl sites for hydroxylation is 2. The van der Waals surface area contributed by atoms with Gasteiger partial charge < -0.3 is 5.32 Å². The Morgan fingerprint density at radius 3 is 2.84 bits per heavy atom. The highest BCUT2D eigenvalue weighted by Crippen LogP contribution is 2.29. The Morgan fingerprint density at radius 1 is 1.47 bits per heavy atom. The normalized spacial score (nSPS) is 10.5. The lowest BCUT2D eigenvalue weighted by atomic mass is 10.3. The summed E-state index contributed by atoms with van der Waals surface area (Å²) in [5.74, 6) is -0.144. The topological polar surface area (TPSA) is 46.9 Å². The third kappa shape index (κ3) is 3.36. The number of rotatable bonds is 3. The lowest BCUT2D eigenvalue weighted by Crippen LogP contribution is -2.20. The summed E-state index contributed by atoms with van der Waals surface area (Å²) in [4.78, 5) is 12.0. The lowest BCUT2D eigenvalue weighted by molar-refractivity contribution is -0.116. The van der Waals surface area contributed by atoms with Crippen LogP contribution in [0.5, 0.6) is 0 Å². The molecule has 6 heteroatoms. The standard InChI is InChI=1S/C13H13BrClN3O/c1-8-6-9(2)18(17-8)7-12(19)16-11-5-3-4-10(15)13(11)14/h3-6H,7H2,1-2H3,(H,16,19). The molecular formula is C13H13BrClN3O. The van der Waals surface area contributed by atoms with Gasteiger partial charge in [-0.2, -0.15) is 5.10 Å². The fraction of sp³-hybridized carbons (Fsp3) is 0.231. The number of hydrogen-bond donors (Lipinski definition) is 1. The van der Waals surface area contributed by atoms with Crippen molar-refractivity contribution in [2.45, 2.75) is 20.4 Å². The van der Waals surface area contributed by atoms with Gasteiger partial charge in [0.1, 0.15) is 6.54 Å². The van der Waals surface area contributed by atoms with Gasteiger partial charge in [0.15, 0.2) is 0 Å². The number of halogens is 2. The molecule has 1 aromatic heterocycles. The van der Waals surface area contributed by atoms with Crippen molar-refractivity contribution < 1.29 is 4.79 Å². The first-order valence-corrected chi connectivity index (χ1v) is 6.89. The maximum Gasteiger partial charge on any atom is 0.246 e. The molecule has 0 aliphatic rings. The molecule has 1 heterocycles. The molecule has 0 saturated carbocycles. The molecule has 0 unspecified atom stereocenters. The summed E-state index contributed by atoms with van der Waals surface area (Å²) >= 11 is 9.31. The Kier molecular flexibility index (Phi) is 4.27. The van der Waals surface area contributed by atoms with Gasteiger partial charge in [-0.1, -0.05) is 17.7 Å². The molecule has 0 radical (unpaired) electrons. The predicted molar refractivity (Wildman–Crippen MR) is 79.5 cm³/mol. The second-order valence-electron chi connectivity index (χ2n) is 4.23. The van der Waals surface area contributed by atoms with Crippen LogP contribution in [0.2, 0.25) is 5.02 Å². The zero-order valence-electron chi connectivity index (χ0n) is 10.6. The zero-order valence-corrected chi connectivity index (χ0v) is 12.9. The molecular weight excluding hydrogens is 330 g/mol. The van der Waals surface area contributed by atoms with Gasteiger partial charge in [-0.05, 0) is 48.0 Å². The van der Waals surface area contributed by atoms with Gasteiger partial charge in [0, 0.05) is 5.69 Å². The first-order chi connectivity index (χ1) is 8.97. The van der Waals surface area contributed by atoms with E-state index in [-0.39, 0.29) is 12.5 Å². The van der Waals surface area contributed by atoms with Crippen LogP contribution in [0.15, 0.2) is 28.7 Å². The van der Waals surface area contributed by atoms with Gasteiger partial charge in [0.2, 0.25) is 5.91 Å². The Hall–Kier alpha value is -1.33. The minimum absolute atomic E-state index is 0.144. The van der Waals surface area contributed by atoms with Crippen molar-refractivity contribution in [3.63, 3.8) is 0 Å². The summed E-state index contributed by atoms with van der Waals surface area (Å²) in [5, 5.41) is 7.61. The molecule has 0 saturated heterocycles. The molecule has 100 valence electrons. The van der Waals surface area contributed by atoms with Gasteiger partial charge in [-0.15, -0.1) is 0 Å². The van der Waals surface area contributed by atoms with Crippen LogP contribution in [-0.4, -0.2) is 15.7 Å². The molecule has 2 rings (SSSR count). The van der Waals surface area contributed by atoms with E-state index in [4.69, 9.17) is 11.6 Å². The Balaban J connectivity index is 2.10. The van der Waals surface area contributed by atoms with Crippen LogP contribution < -0.4 is 5.32 Å². The quantitative estimate of drug-likeness (QED) is 0.927. The monoisotopic (exact) mass is 341 g/mol. The van der Waals surface area contributed by atoms with Crippen molar-refractivity contribution in [2.75, 3.05) is 5.32 Å². The smallest absolute Gasteiger partial charge is 0.246 e. The van der Waals surface area contributed by atoms with E-state index < -0.39 is 0 Å². The van der Waals surface area contributed by atoms with Crippen LogP contribution in [-0.2, 0) is 11.3 Å². The van der Waals surface area contributed by atoms with E-state index in [1.54, 1.807) is 22.9 Å². The first-order valence-electron chi connectivity index (χ1n) is 5.72. The molecule has 1 amide bonds. The minimum Gasteiger partial charge on any atom is -0.323 e. The molecule has 1 aromatic carbocycles. The van der Waals surface area contributed by atoms with Crippen molar-refractivity contribution in [1.82, 2.24) is 9.78 Å². The van der Waals surface area contributed by atoms with Gasteiger partial charge in [-0.3, -0.25) is 9.48 Å². The Labute approximate surface area is 124 Å². The fourth-order valence-electron chi connectivity index (χ4n) is 1.76. The molecule has 0 aliphatic carbocycles. The van der Waals surface area contributed by atoms with E-state index in [0.717, 1.165) is 11.4 Å². The number of benzene rings is 1. The zero-order chi connectivity index (χ0) is 14.0. The van der Waals surface area contributed by atoms with Crippen molar-refractivity contribution in [3.05, 3.63) is 45.1 Å². The highest BCUT2D eigenvalue weighted by molar-refractivity contribution is 9.10. The third-order valence-corrected chi connectivity index (χ3v) is 4.02. The van der Waals surface area contributed by atoms with E-state index in [1.165, 1.54) is 0 Å². The number of anilines is 1. The Morgan fingerprint density at radius 2 is 2.21 bits per heavy atom. The van der Waals surface area contributed by atoms with Gasteiger partial charge in [0.25, 0.3) is 0 Å². The van der Waals surface area contributed by atoms with Crippen molar-refractivity contribution in [2.24, 2.45) is 0 Å². The van der Waals surface area contributed by atoms with E-state index in [9.17, 15) is 4.79 Å². The number of amides is 1. The van der Waals surface area contributed by atoms with Crippen LogP contribution >= 0.6 is 27.5 Å². The number of carbonyl (C=O) groups excluding carboxylic acids is 1. The van der Waals surface area contributed by atoms with E-state index >= 15 is 0 Å². The van der Waals surface area contributed by atoms with Crippen LogP contribution in [0.25, 0.3) is 0 Å². The average molecular weight is 343 g/mol. The second kappa shape index (κ2) is 5.75. The molecule has 4 nitrogen and oxygen atoms in total. The van der Waals surface area contributed by atoms with E-state index in [0.29, 0.717) is 15.2 Å². The number of hydrogen-bond acceptors (Lipinski definition) is 2. The second-order valence-corrected chi connectivity index (χ2v) is 5.43. The summed E-state index contributed by atoms with van der Waals surface area (Å²) in [5.41, 5.74) is 2.51. The SMILES string of the molecule is Cc1cc(C)n(CC(=O)Nc2cccc(Cl)c2Br)n1. The number of aromatic nitrogens is 2. The maximum atomic E-state index is 12.0. The predicted octanol–water partition coefficient (Wildman–Crippen LogP) is 3.55. The maximum absolute atomic E-state index is 12.0. The largest absolute Gasteiger partial charge is 0.323 e. The molecule has 0 bridgehead atoms. The Bertz CT molecular complexity index is 624. The summed E-state index contributed by atoms with van der Waals surface area (Å²) < 4.78 is 2.35. The molecule has 0 fully saturated rings. The highest BCUT2D eigenvalue weighted by atomic mass is 79.9. The minimum atomic E-state index is -0.144. The molecule has 1 N–H and O–H groups in total. The molecule has 2 aromatic rings. The molecule has 0 atom stereocenters. The third-order valence-electron chi connectivity index (χ3n) is 2.62. The average Bonchev–Trinajstić information content (AvgIpc) is 2.64. The van der Waals surface area contributed by atoms with Gasteiger partial charge in [0.05, 0.1) is 20.9 Å². The molecule has 19 heavy (non-hydrogen) atoms. The summed E-state index contributed by atoms with van der Waals surface area (Å²) in [7, 11) is 0. The van der Waals surface area contributed by atoms with Crippen LogP contribution in [0, 0.1) is 13.8 Å². The van der Waals surface area contributed by atoms with E-state index in [1.807, 2.05) is 19.9 Å². The van der Waals surface area contributed by atoms with Crippen molar-refractivity contribution in [1.29, 1.82) is 0 Å². The number of carbonyl (C=O) groups is 1. The van der Waals surface area contributed by atoms with Crippen molar-refractivity contribution >= 4 is 39.1 Å². The van der Waals surface area contributed by atoms with Crippen molar-refractivity contribution in [3.8, 4) is 0 Å². The first kappa shape index (κ1) is 14.1. The highest BCUT2D eigenvalue weighted by Gasteiger charge is 2.10. The summed E-state index contributed by atoms with van der Waals surface area (Å²) in [6.07, 6.45) is 0. The van der Waals surface area contributed by atoms with Crippen LogP contribution in [0.1, 0.15) is 11.4 Å². The fourth-order valence-corrected chi connectivity index (χ4v) is 2.30. The van der Waals surface area contributed by atoms with Gasteiger partial charge >= 0.3 is 0 Å². The van der Waals surface area contributed by atoms with Crippen LogP contribution in [0.4, 0.5) is 5.69 Å².